The van der Waals surface area contributed by atoms with E-state index < -0.39 is 0 Å². The molecule has 3 N–H and O–H groups in total. The summed E-state index contributed by atoms with van der Waals surface area (Å²) < 4.78 is 5.45. The maximum absolute atomic E-state index is 12.2. The quantitative estimate of drug-likeness (QED) is 0.736. The van der Waals surface area contributed by atoms with Crippen molar-refractivity contribution in [1.29, 1.82) is 0 Å². The van der Waals surface area contributed by atoms with E-state index in [-0.39, 0.29) is 11.9 Å². The number of amides is 1. The standard InChI is InChI=1S/C14H19N3O2/c15-11-3-2-10-8-13(14(18)16-12(10)9-11)17-4-1-6-19-7-5-17/h2-3,9,13H,1,4-8,15H2,(H,16,18)/t13-/m1/s1. The van der Waals surface area contributed by atoms with Gasteiger partial charge in [-0.25, -0.2) is 0 Å². The van der Waals surface area contributed by atoms with Gasteiger partial charge >= 0.3 is 0 Å². The molecule has 0 aliphatic carbocycles. The van der Waals surface area contributed by atoms with Crippen LogP contribution in [0.3, 0.4) is 0 Å². The van der Waals surface area contributed by atoms with Crippen LogP contribution in [-0.4, -0.2) is 43.2 Å². The van der Waals surface area contributed by atoms with Crippen molar-refractivity contribution in [2.75, 3.05) is 37.4 Å². The van der Waals surface area contributed by atoms with E-state index in [0.717, 1.165) is 43.8 Å². The zero-order valence-electron chi connectivity index (χ0n) is 10.9. The average molecular weight is 261 g/mol. The lowest BCUT2D eigenvalue weighted by atomic mass is 9.97. The maximum Gasteiger partial charge on any atom is 0.242 e. The minimum atomic E-state index is -0.0853. The predicted molar refractivity (Wildman–Crippen MR) is 74.0 cm³/mol. The van der Waals surface area contributed by atoms with Crippen LogP contribution in [0.4, 0.5) is 11.4 Å². The third-order valence-corrected chi connectivity index (χ3v) is 3.81. The van der Waals surface area contributed by atoms with Crippen LogP contribution in [0.25, 0.3) is 0 Å². The van der Waals surface area contributed by atoms with E-state index in [1.807, 2.05) is 18.2 Å². The van der Waals surface area contributed by atoms with Crippen LogP contribution in [0.5, 0.6) is 0 Å². The Morgan fingerprint density at radius 2 is 2.21 bits per heavy atom. The third-order valence-electron chi connectivity index (χ3n) is 3.81. The van der Waals surface area contributed by atoms with Gasteiger partial charge in [0.15, 0.2) is 0 Å². The zero-order chi connectivity index (χ0) is 13.2. The molecule has 1 fully saturated rings. The van der Waals surface area contributed by atoms with Crippen LogP contribution in [0.2, 0.25) is 0 Å². The molecule has 0 unspecified atom stereocenters. The van der Waals surface area contributed by atoms with Crippen LogP contribution in [0, 0.1) is 0 Å². The van der Waals surface area contributed by atoms with Crippen molar-refractivity contribution in [2.45, 2.75) is 18.9 Å². The number of carbonyl (C=O) groups is 1. The van der Waals surface area contributed by atoms with Crippen LogP contribution in [0.15, 0.2) is 18.2 Å². The van der Waals surface area contributed by atoms with E-state index >= 15 is 0 Å². The molecular weight excluding hydrogens is 242 g/mol. The second-order valence-corrected chi connectivity index (χ2v) is 5.13. The fourth-order valence-corrected chi connectivity index (χ4v) is 2.78. The molecule has 1 amide bonds. The largest absolute Gasteiger partial charge is 0.399 e. The molecule has 1 aromatic carbocycles. The molecule has 2 aliphatic rings. The van der Waals surface area contributed by atoms with Gasteiger partial charge in [-0.05, 0) is 30.5 Å². The Bertz CT molecular complexity index is 482. The Labute approximate surface area is 112 Å². The lowest BCUT2D eigenvalue weighted by Crippen LogP contribution is -2.48. The number of carbonyl (C=O) groups excluding carboxylic acids is 1. The summed E-state index contributed by atoms with van der Waals surface area (Å²) >= 11 is 0. The van der Waals surface area contributed by atoms with E-state index in [1.165, 1.54) is 0 Å². The van der Waals surface area contributed by atoms with Crippen molar-refractivity contribution in [3.8, 4) is 0 Å². The molecule has 3 rings (SSSR count). The molecule has 2 heterocycles. The molecule has 5 heteroatoms. The Hall–Kier alpha value is -1.59. The summed E-state index contributed by atoms with van der Waals surface area (Å²) in [6.07, 6.45) is 1.74. The molecule has 0 saturated carbocycles. The average Bonchev–Trinajstić information content (AvgIpc) is 2.66. The van der Waals surface area contributed by atoms with E-state index in [4.69, 9.17) is 10.5 Å². The van der Waals surface area contributed by atoms with Gasteiger partial charge in [0.05, 0.1) is 12.6 Å². The van der Waals surface area contributed by atoms with E-state index in [9.17, 15) is 4.79 Å². The normalized spacial score (nSPS) is 24.4. The van der Waals surface area contributed by atoms with Gasteiger partial charge in [0.2, 0.25) is 5.91 Å². The van der Waals surface area contributed by atoms with Gasteiger partial charge in [0, 0.05) is 31.1 Å². The van der Waals surface area contributed by atoms with Crippen LogP contribution < -0.4 is 11.1 Å². The highest BCUT2D eigenvalue weighted by atomic mass is 16.5. The van der Waals surface area contributed by atoms with E-state index in [1.54, 1.807) is 0 Å². The van der Waals surface area contributed by atoms with Crippen molar-refractivity contribution in [3.05, 3.63) is 23.8 Å². The number of nitrogens with zero attached hydrogens (tertiary/aromatic N) is 1. The number of benzene rings is 1. The number of anilines is 2. The van der Waals surface area contributed by atoms with Gasteiger partial charge in [0.1, 0.15) is 0 Å². The third kappa shape index (κ3) is 2.57. The predicted octanol–water partition coefficient (Wildman–Crippen LogP) is 0.854. The fourth-order valence-electron chi connectivity index (χ4n) is 2.78. The van der Waals surface area contributed by atoms with Gasteiger partial charge in [-0.1, -0.05) is 6.07 Å². The molecule has 102 valence electrons. The fraction of sp³-hybridized carbons (Fsp3) is 0.500. The Kier molecular flexibility index (Phi) is 3.40. The minimum absolute atomic E-state index is 0.0694. The first-order valence-corrected chi connectivity index (χ1v) is 6.75. The van der Waals surface area contributed by atoms with Gasteiger partial charge < -0.3 is 15.8 Å². The van der Waals surface area contributed by atoms with Gasteiger partial charge in [0.25, 0.3) is 0 Å². The Morgan fingerprint density at radius 3 is 3.11 bits per heavy atom. The van der Waals surface area contributed by atoms with E-state index in [0.29, 0.717) is 12.3 Å². The first kappa shape index (κ1) is 12.4. The first-order valence-electron chi connectivity index (χ1n) is 6.75. The summed E-state index contributed by atoms with van der Waals surface area (Å²) in [5, 5.41) is 2.97. The number of nitrogens with one attached hydrogen (secondary N) is 1. The summed E-state index contributed by atoms with van der Waals surface area (Å²) in [7, 11) is 0. The highest BCUT2D eigenvalue weighted by Gasteiger charge is 2.31. The molecule has 1 aromatic rings. The summed E-state index contributed by atoms with van der Waals surface area (Å²) in [6.45, 7) is 3.24. The number of nitrogen functional groups attached to an aromatic ring is 1. The molecular formula is C14H19N3O2. The monoisotopic (exact) mass is 261 g/mol. The Balaban J connectivity index is 1.80. The number of fused-ring (bicyclic) bond motifs is 1. The molecule has 0 radical (unpaired) electrons. The molecule has 1 atom stereocenters. The minimum Gasteiger partial charge on any atom is -0.399 e. The molecule has 19 heavy (non-hydrogen) atoms. The number of hydrogen-bond donors (Lipinski definition) is 2. The van der Waals surface area contributed by atoms with Crippen molar-refractivity contribution in [2.24, 2.45) is 0 Å². The summed E-state index contributed by atoms with van der Waals surface area (Å²) in [4.78, 5) is 14.5. The number of hydrogen-bond acceptors (Lipinski definition) is 4. The lowest BCUT2D eigenvalue weighted by molar-refractivity contribution is -0.121. The van der Waals surface area contributed by atoms with Crippen molar-refractivity contribution >= 4 is 17.3 Å². The van der Waals surface area contributed by atoms with Gasteiger partial charge in [-0.2, -0.15) is 0 Å². The van der Waals surface area contributed by atoms with Gasteiger partial charge in [-0.3, -0.25) is 9.69 Å². The molecule has 0 spiro atoms. The zero-order valence-corrected chi connectivity index (χ0v) is 10.9. The number of ether oxygens (including phenoxy) is 1. The Morgan fingerprint density at radius 1 is 1.32 bits per heavy atom. The maximum atomic E-state index is 12.2. The van der Waals surface area contributed by atoms with Gasteiger partial charge in [-0.15, -0.1) is 0 Å². The topological polar surface area (TPSA) is 67.6 Å². The number of rotatable bonds is 1. The second kappa shape index (κ2) is 5.19. The molecule has 0 aromatic heterocycles. The van der Waals surface area contributed by atoms with Crippen LogP contribution in [-0.2, 0) is 16.0 Å². The van der Waals surface area contributed by atoms with E-state index in [2.05, 4.69) is 10.2 Å². The number of nitrogens with two attached hydrogens (primary N) is 1. The SMILES string of the molecule is Nc1ccc2c(c1)NC(=O)[C@H](N1CCCOCC1)C2. The second-order valence-electron chi connectivity index (χ2n) is 5.13. The molecule has 1 saturated heterocycles. The highest BCUT2D eigenvalue weighted by Crippen LogP contribution is 2.27. The van der Waals surface area contributed by atoms with Crippen LogP contribution in [0.1, 0.15) is 12.0 Å². The van der Waals surface area contributed by atoms with Crippen molar-refractivity contribution in [3.63, 3.8) is 0 Å². The van der Waals surface area contributed by atoms with Crippen molar-refractivity contribution < 1.29 is 9.53 Å². The lowest BCUT2D eigenvalue weighted by Gasteiger charge is -2.33. The highest BCUT2D eigenvalue weighted by molar-refractivity contribution is 5.98. The molecule has 5 nitrogen and oxygen atoms in total. The molecule has 2 aliphatic heterocycles. The summed E-state index contributed by atoms with van der Waals surface area (Å²) in [6, 6.07) is 5.64. The van der Waals surface area contributed by atoms with Crippen LogP contribution >= 0.6 is 0 Å². The smallest absolute Gasteiger partial charge is 0.242 e. The first-order chi connectivity index (χ1) is 9.24. The summed E-state index contributed by atoms with van der Waals surface area (Å²) in [5.41, 5.74) is 8.44. The van der Waals surface area contributed by atoms with Crippen molar-refractivity contribution in [1.82, 2.24) is 4.90 Å². The summed E-state index contributed by atoms with van der Waals surface area (Å²) in [5.74, 6) is 0.0694. The molecule has 0 bridgehead atoms.